The molecule has 32 heavy (non-hydrogen) atoms. The number of nitrogens with zero attached hydrogens (tertiary/aromatic N) is 1. The summed E-state index contributed by atoms with van der Waals surface area (Å²) in [7, 11) is 0. The molecule has 1 unspecified atom stereocenters. The summed E-state index contributed by atoms with van der Waals surface area (Å²) in [4.78, 5) is 28.1. The smallest absolute Gasteiger partial charge is 0.294 e. The van der Waals surface area contributed by atoms with Crippen LogP contribution in [0.15, 0.2) is 94.6 Å². The number of para-hydroxylation sites is 1. The van der Waals surface area contributed by atoms with E-state index in [1.807, 2.05) is 37.3 Å². The molecule has 1 atom stereocenters. The fourth-order valence-electron chi connectivity index (χ4n) is 4.08. The highest BCUT2D eigenvalue weighted by atomic mass is 16.3. The van der Waals surface area contributed by atoms with Crippen LogP contribution in [0.3, 0.4) is 0 Å². The van der Waals surface area contributed by atoms with Crippen molar-refractivity contribution in [1.82, 2.24) is 0 Å². The molecule has 3 aromatic carbocycles. The average Bonchev–Trinajstić information content (AvgIpc) is 3.33. The van der Waals surface area contributed by atoms with Crippen molar-refractivity contribution in [1.29, 1.82) is 0 Å². The molecule has 0 bridgehead atoms. The van der Waals surface area contributed by atoms with E-state index in [1.54, 1.807) is 36.4 Å². The first kappa shape index (κ1) is 19.6. The second kappa shape index (κ2) is 7.42. The van der Waals surface area contributed by atoms with Crippen molar-refractivity contribution in [3.05, 3.63) is 107 Å². The van der Waals surface area contributed by atoms with Crippen molar-refractivity contribution in [3.63, 3.8) is 0 Å². The lowest BCUT2D eigenvalue weighted by Gasteiger charge is -2.27. The Hall–Kier alpha value is -4.32. The summed E-state index contributed by atoms with van der Waals surface area (Å²) >= 11 is 0. The first-order chi connectivity index (χ1) is 15.4. The first-order valence-corrected chi connectivity index (χ1v) is 10.1. The van der Waals surface area contributed by atoms with Gasteiger partial charge in [-0.05, 0) is 54.4 Å². The van der Waals surface area contributed by atoms with E-state index in [4.69, 9.17) is 4.42 Å². The Morgan fingerprint density at radius 1 is 0.938 bits per heavy atom. The number of anilines is 1. The highest BCUT2D eigenvalue weighted by Crippen LogP contribution is 2.42. The van der Waals surface area contributed by atoms with E-state index in [0.29, 0.717) is 16.8 Å². The number of carbonyl (C=O) groups is 2. The molecular formula is C26H19NO5. The van der Waals surface area contributed by atoms with Gasteiger partial charge in [-0.2, -0.15) is 0 Å². The number of ketones is 1. The van der Waals surface area contributed by atoms with E-state index >= 15 is 0 Å². The standard InChI is InChI=1S/C26H19NO5/c1-15-5-4-7-18(13-15)27-23(16-9-11-19(28)12-10-16)22(25(30)26(27)31)24(29)21-14-17-6-2-3-8-20(17)32-21/h2-14,23,28,30H,1H3. The van der Waals surface area contributed by atoms with Crippen molar-refractivity contribution >= 4 is 28.3 Å². The molecule has 1 aliphatic rings. The molecule has 1 aromatic heterocycles. The van der Waals surface area contributed by atoms with Crippen molar-refractivity contribution in [2.75, 3.05) is 4.90 Å². The van der Waals surface area contributed by atoms with Gasteiger partial charge < -0.3 is 14.6 Å². The number of rotatable bonds is 4. The maximum Gasteiger partial charge on any atom is 0.294 e. The normalized spacial score (nSPS) is 16.2. The van der Waals surface area contributed by atoms with Gasteiger partial charge in [0.05, 0.1) is 11.6 Å². The Morgan fingerprint density at radius 2 is 1.69 bits per heavy atom. The van der Waals surface area contributed by atoms with Gasteiger partial charge in [-0.25, -0.2) is 0 Å². The molecule has 4 aromatic rings. The van der Waals surface area contributed by atoms with Gasteiger partial charge in [0.1, 0.15) is 11.3 Å². The molecule has 1 amide bonds. The van der Waals surface area contributed by atoms with Gasteiger partial charge in [-0.15, -0.1) is 0 Å². The second-order valence-corrected chi connectivity index (χ2v) is 7.75. The largest absolute Gasteiger partial charge is 0.508 e. The van der Waals surface area contributed by atoms with E-state index in [1.165, 1.54) is 17.0 Å². The number of benzene rings is 3. The van der Waals surface area contributed by atoms with Gasteiger partial charge in [-0.1, -0.05) is 42.5 Å². The molecule has 6 nitrogen and oxygen atoms in total. The van der Waals surface area contributed by atoms with Crippen molar-refractivity contribution in [3.8, 4) is 5.75 Å². The molecule has 6 heteroatoms. The Bertz CT molecular complexity index is 1360. The number of aromatic hydroxyl groups is 1. The van der Waals surface area contributed by atoms with Crippen LogP contribution in [0.1, 0.15) is 27.7 Å². The summed E-state index contributed by atoms with van der Waals surface area (Å²) in [6.45, 7) is 1.90. The summed E-state index contributed by atoms with van der Waals surface area (Å²) in [5, 5.41) is 21.3. The van der Waals surface area contributed by atoms with Gasteiger partial charge in [0, 0.05) is 11.1 Å². The number of hydrogen-bond acceptors (Lipinski definition) is 5. The van der Waals surface area contributed by atoms with Crippen LogP contribution in [0.2, 0.25) is 0 Å². The van der Waals surface area contributed by atoms with E-state index in [0.717, 1.165) is 10.9 Å². The predicted molar refractivity (Wildman–Crippen MR) is 120 cm³/mol. The van der Waals surface area contributed by atoms with Crippen LogP contribution in [0, 0.1) is 6.92 Å². The van der Waals surface area contributed by atoms with Crippen LogP contribution in [0.5, 0.6) is 5.75 Å². The van der Waals surface area contributed by atoms with Crippen molar-refractivity contribution in [2.24, 2.45) is 0 Å². The lowest BCUT2D eigenvalue weighted by molar-refractivity contribution is -0.117. The Balaban J connectivity index is 1.67. The molecule has 158 valence electrons. The van der Waals surface area contributed by atoms with Crippen molar-refractivity contribution in [2.45, 2.75) is 13.0 Å². The quantitative estimate of drug-likeness (QED) is 0.437. The zero-order valence-corrected chi connectivity index (χ0v) is 17.1. The molecule has 2 heterocycles. The summed E-state index contributed by atoms with van der Waals surface area (Å²) in [5.74, 6) is -1.77. The minimum absolute atomic E-state index is 0.0374. The maximum atomic E-state index is 13.5. The fraction of sp³-hybridized carbons (Fsp3) is 0.0769. The van der Waals surface area contributed by atoms with Gasteiger partial charge in [0.15, 0.2) is 11.5 Å². The van der Waals surface area contributed by atoms with Crippen molar-refractivity contribution < 1.29 is 24.2 Å². The molecule has 0 aliphatic carbocycles. The Labute approximate surface area is 183 Å². The minimum atomic E-state index is -0.884. The van der Waals surface area contributed by atoms with Crippen LogP contribution in [0.25, 0.3) is 11.0 Å². The molecule has 0 radical (unpaired) electrons. The number of aliphatic hydroxyl groups is 1. The number of phenolic OH excluding ortho intramolecular Hbond substituents is 1. The summed E-state index contributed by atoms with van der Waals surface area (Å²) in [6.07, 6.45) is 0. The number of carbonyl (C=O) groups excluding carboxylic acids is 2. The van der Waals surface area contributed by atoms with Crippen LogP contribution in [-0.4, -0.2) is 21.9 Å². The van der Waals surface area contributed by atoms with E-state index in [2.05, 4.69) is 0 Å². The Kier molecular flexibility index (Phi) is 4.56. The number of furan rings is 1. The predicted octanol–water partition coefficient (Wildman–Crippen LogP) is 5.23. The highest BCUT2D eigenvalue weighted by molar-refractivity contribution is 6.20. The third kappa shape index (κ3) is 3.13. The third-order valence-corrected chi connectivity index (χ3v) is 5.59. The van der Waals surface area contributed by atoms with E-state index in [-0.39, 0.29) is 17.1 Å². The molecule has 0 saturated carbocycles. The van der Waals surface area contributed by atoms with Gasteiger partial charge >= 0.3 is 0 Å². The van der Waals surface area contributed by atoms with E-state index < -0.39 is 23.5 Å². The van der Waals surface area contributed by atoms with Crippen LogP contribution < -0.4 is 4.90 Å². The molecule has 0 spiro atoms. The summed E-state index contributed by atoms with van der Waals surface area (Å²) in [5.41, 5.74) is 2.52. The number of aliphatic hydroxyl groups excluding tert-OH is 1. The van der Waals surface area contributed by atoms with Crippen LogP contribution in [0.4, 0.5) is 5.69 Å². The maximum absolute atomic E-state index is 13.5. The molecule has 1 aliphatic heterocycles. The number of Topliss-reactive ketones (excluding diaryl/α,β-unsaturated/α-hetero) is 1. The number of amides is 1. The first-order valence-electron chi connectivity index (χ1n) is 10.1. The number of fused-ring (bicyclic) bond motifs is 1. The third-order valence-electron chi connectivity index (χ3n) is 5.59. The second-order valence-electron chi connectivity index (χ2n) is 7.75. The fourth-order valence-corrected chi connectivity index (χ4v) is 4.08. The molecule has 5 rings (SSSR count). The van der Waals surface area contributed by atoms with Crippen LogP contribution >= 0.6 is 0 Å². The highest BCUT2D eigenvalue weighted by Gasteiger charge is 2.45. The monoisotopic (exact) mass is 425 g/mol. The summed E-state index contributed by atoms with van der Waals surface area (Å²) < 4.78 is 5.72. The van der Waals surface area contributed by atoms with Gasteiger partial charge in [-0.3, -0.25) is 14.5 Å². The average molecular weight is 425 g/mol. The zero-order chi connectivity index (χ0) is 22.4. The molecule has 0 fully saturated rings. The minimum Gasteiger partial charge on any atom is -0.508 e. The summed E-state index contributed by atoms with van der Waals surface area (Å²) in [6, 6.07) is 21.4. The molecule has 2 N–H and O–H groups in total. The Morgan fingerprint density at radius 3 is 2.41 bits per heavy atom. The lowest BCUT2D eigenvalue weighted by Crippen LogP contribution is -2.31. The number of hydrogen-bond donors (Lipinski definition) is 2. The lowest BCUT2D eigenvalue weighted by atomic mass is 9.94. The van der Waals surface area contributed by atoms with Crippen LogP contribution in [-0.2, 0) is 4.79 Å². The van der Waals surface area contributed by atoms with Gasteiger partial charge in [0.25, 0.3) is 5.91 Å². The molecular weight excluding hydrogens is 406 g/mol. The van der Waals surface area contributed by atoms with Gasteiger partial charge in [0.2, 0.25) is 5.78 Å². The molecule has 0 saturated heterocycles. The van der Waals surface area contributed by atoms with E-state index in [9.17, 15) is 19.8 Å². The topological polar surface area (TPSA) is 91.0 Å². The zero-order valence-electron chi connectivity index (χ0n) is 17.1. The number of aryl methyl sites for hydroxylation is 1. The SMILES string of the molecule is Cc1cccc(N2C(=O)C(O)=C(C(=O)c3cc4ccccc4o3)C2c2ccc(O)cc2)c1. The number of phenols is 1.